The summed E-state index contributed by atoms with van der Waals surface area (Å²) in [6.45, 7) is 17.9. The molecule has 0 aromatic heterocycles. The topological polar surface area (TPSA) is 56.8 Å². The Morgan fingerprint density at radius 1 is 0.960 bits per heavy atom. The smallest absolute Gasteiger partial charge is 0.393 e. The van der Waals surface area contributed by atoms with E-state index in [4.69, 9.17) is 13.3 Å². The fourth-order valence-electron chi connectivity index (χ4n) is 4.15. The number of hydrogen-bond donors (Lipinski definition) is 1. The number of nitrogens with one attached hydrogen (secondary N) is 1. The van der Waals surface area contributed by atoms with Gasteiger partial charge in [0.05, 0.1) is 0 Å². The van der Waals surface area contributed by atoms with E-state index in [1.807, 2.05) is 0 Å². The Labute approximate surface area is 157 Å². The second kappa shape index (κ2) is 10.7. The van der Waals surface area contributed by atoms with E-state index in [2.05, 4.69) is 60.3 Å². The van der Waals surface area contributed by atoms with Gasteiger partial charge in [-0.3, -0.25) is 0 Å². The third kappa shape index (κ3) is 6.08. The van der Waals surface area contributed by atoms with Crippen LogP contribution in [0.15, 0.2) is 0 Å². The molecule has 0 fully saturated rings. The molecule has 1 amide bonds. The molecule has 5 nitrogen and oxygen atoms in total. The summed E-state index contributed by atoms with van der Waals surface area (Å²) in [5.41, 5.74) is 1.50. The van der Waals surface area contributed by atoms with Crippen molar-refractivity contribution in [2.24, 2.45) is 0 Å². The molecule has 0 bridgehead atoms. The molecule has 25 heavy (non-hydrogen) atoms. The zero-order valence-corrected chi connectivity index (χ0v) is 20.1. The quantitative estimate of drug-likeness (QED) is 0.478. The number of carbonyl (C=O) groups excluding carboxylic acids is 1. The monoisotopic (exact) mass is 391 g/mol. The van der Waals surface area contributed by atoms with Gasteiger partial charge in [0.15, 0.2) is 0 Å². The second-order valence-electron chi connectivity index (χ2n) is 7.95. The van der Waals surface area contributed by atoms with Crippen LogP contribution in [0.5, 0.6) is 0 Å². The van der Waals surface area contributed by atoms with E-state index in [-0.39, 0.29) is 6.09 Å². The van der Waals surface area contributed by atoms with E-state index in [0.717, 1.165) is 12.8 Å². The van der Waals surface area contributed by atoms with Gasteiger partial charge in [0.25, 0.3) is 8.32 Å². The molecule has 0 aliphatic rings. The van der Waals surface area contributed by atoms with Gasteiger partial charge in [0.2, 0.25) is 0 Å². The molecule has 0 heterocycles. The number of rotatable bonds is 11. The van der Waals surface area contributed by atoms with Crippen LogP contribution in [-0.4, -0.2) is 43.7 Å². The highest BCUT2D eigenvalue weighted by atomic mass is 28.4. The van der Waals surface area contributed by atoms with Crippen molar-refractivity contribution in [2.45, 2.75) is 90.0 Å². The normalized spacial score (nSPS) is 14.3. The fraction of sp³-hybridized carbons (Fsp3) is 0.944. The average Bonchev–Trinajstić information content (AvgIpc) is 2.54. The molecule has 150 valence electrons. The summed E-state index contributed by atoms with van der Waals surface area (Å²) in [5, 5.41) is 2.97. The van der Waals surface area contributed by atoms with Crippen LogP contribution in [0.25, 0.3) is 0 Å². The van der Waals surface area contributed by atoms with Crippen LogP contribution in [0.3, 0.4) is 0 Å². The van der Waals surface area contributed by atoms with Crippen LogP contribution in [0.1, 0.15) is 61.3 Å². The van der Waals surface area contributed by atoms with Crippen LogP contribution in [-0.2, 0) is 13.3 Å². The number of carbonyl (C=O) groups is 1. The van der Waals surface area contributed by atoms with Crippen molar-refractivity contribution in [3.63, 3.8) is 0 Å². The summed E-state index contributed by atoms with van der Waals surface area (Å²) in [6, 6.07) is 0. The van der Waals surface area contributed by atoms with Gasteiger partial charge in [-0.15, -0.1) is 0 Å². The Bertz CT molecular complexity index is 377. The molecule has 0 aromatic carbocycles. The second-order valence-corrected chi connectivity index (χ2v) is 17.0. The summed E-state index contributed by atoms with van der Waals surface area (Å²) < 4.78 is 17.4. The van der Waals surface area contributed by atoms with E-state index < -0.39 is 16.9 Å². The zero-order valence-electron chi connectivity index (χ0n) is 18.1. The number of hydrogen-bond acceptors (Lipinski definition) is 4. The van der Waals surface area contributed by atoms with E-state index in [9.17, 15) is 4.79 Å². The molecule has 1 N–H and O–H groups in total. The van der Waals surface area contributed by atoms with Gasteiger partial charge >= 0.3 is 14.7 Å². The van der Waals surface area contributed by atoms with Crippen molar-refractivity contribution in [2.75, 3.05) is 20.8 Å². The maximum absolute atomic E-state index is 12.5. The minimum absolute atomic E-state index is 0.268. The highest BCUT2D eigenvalue weighted by Crippen LogP contribution is 2.42. The predicted octanol–water partition coefficient (Wildman–Crippen LogP) is 5.42. The fourth-order valence-corrected chi connectivity index (χ4v) is 11.5. The van der Waals surface area contributed by atoms with Gasteiger partial charge in [0.1, 0.15) is 0 Å². The molecule has 0 saturated heterocycles. The predicted molar refractivity (Wildman–Crippen MR) is 110 cm³/mol. The standard InChI is InChI=1S/C18H41NO4Si2/c1-11-17(24(10,21-8)22-9)12-13-19-18(20)23-25(14(2)3,15(4)5)16(6)7/h14-17H,11-13H2,1-10H3,(H,19,20). The molecule has 0 rings (SSSR count). The lowest BCUT2D eigenvalue weighted by molar-refractivity contribution is 0.192. The van der Waals surface area contributed by atoms with Gasteiger partial charge < -0.3 is 18.6 Å². The van der Waals surface area contributed by atoms with Crippen molar-refractivity contribution in [1.29, 1.82) is 0 Å². The maximum Gasteiger partial charge on any atom is 0.393 e. The summed E-state index contributed by atoms with van der Waals surface area (Å²) in [4.78, 5) is 12.5. The molecule has 0 saturated carbocycles. The summed E-state index contributed by atoms with van der Waals surface area (Å²) in [5.74, 6) is 0. The van der Waals surface area contributed by atoms with Crippen molar-refractivity contribution < 1.29 is 18.1 Å². The SMILES string of the molecule is CCC(CCNC(=O)O[Si](C(C)C)(C(C)C)C(C)C)[Si](C)(OC)OC. The van der Waals surface area contributed by atoms with Crippen molar-refractivity contribution >= 4 is 23.0 Å². The third-order valence-corrected chi connectivity index (χ3v) is 15.5. The van der Waals surface area contributed by atoms with Crippen LogP contribution in [0, 0.1) is 0 Å². The molecule has 1 atom stereocenters. The first kappa shape index (κ1) is 24.6. The molecule has 0 aromatic rings. The molecule has 1 unspecified atom stereocenters. The minimum atomic E-state index is -2.18. The average molecular weight is 392 g/mol. The summed E-state index contributed by atoms with van der Waals surface area (Å²) >= 11 is 0. The minimum Gasteiger partial charge on any atom is -0.503 e. The van der Waals surface area contributed by atoms with Crippen molar-refractivity contribution in [3.05, 3.63) is 0 Å². The highest BCUT2D eigenvalue weighted by molar-refractivity contribution is 6.78. The van der Waals surface area contributed by atoms with E-state index in [1.54, 1.807) is 14.2 Å². The zero-order chi connectivity index (χ0) is 19.8. The van der Waals surface area contributed by atoms with E-state index in [0.29, 0.717) is 28.7 Å². The maximum atomic E-state index is 12.5. The van der Waals surface area contributed by atoms with E-state index in [1.165, 1.54) is 0 Å². The highest BCUT2D eigenvalue weighted by Gasteiger charge is 2.48. The lowest BCUT2D eigenvalue weighted by Gasteiger charge is -2.41. The molecule has 0 radical (unpaired) electrons. The van der Waals surface area contributed by atoms with Crippen LogP contribution < -0.4 is 5.32 Å². The van der Waals surface area contributed by atoms with Gasteiger partial charge in [-0.2, -0.15) is 0 Å². The lowest BCUT2D eigenvalue weighted by Crippen LogP contribution is -2.51. The lowest BCUT2D eigenvalue weighted by atomic mass is 10.2. The molecule has 0 aliphatic heterocycles. The first-order chi connectivity index (χ1) is 11.5. The third-order valence-electron chi connectivity index (χ3n) is 5.78. The molecular formula is C18H41NO4Si2. The Morgan fingerprint density at radius 3 is 1.72 bits per heavy atom. The van der Waals surface area contributed by atoms with Gasteiger partial charge in [-0.1, -0.05) is 54.9 Å². The summed E-state index contributed by atoms with van der Waals surface area (Å²) in [7, 11) is -0.930. The van der Waals surface area contributed by atoms with Gasteiger partial charge in [0, 0.05) is 26.3 Å². The van der Waals surface area contributed by atoms with Gasteiger partial charge in [-0.25, -0.2) is 4.79 Å². The Kier molecular flexibility index (Phi) is 10.5. The molecule has 7 heteroatoms. The Balaban J connectivity index is 4.84. The molecule has 0 spiro atoms. The Morgan fingerprint density at radius 2 is 1.40 bits per heavy atom. The first-order valence-corrected chi connectivity index (χ1v) is 14.1. The Hall–Kier alpha value is -0.376. The van der Waals surface area contributed by atoms with Crippen LogP contribution >= 0.6 is 0 Å². The van der Waals surface area contributed by atoms with Crippen LogP contribution in [0.2, 0.25) is 28.7 Å². The van der Waals surface area contributed by atoms with Crippen molar-refractivity contribution in [1.82, 2.24) is 5.32 Å². The largest absolute Gasteiger partial charge is 0.503 e. The molecule has 0 aliphatic carbocycles. The number of amides is 1. The first-order valence-electron chi connectivity index (χ1n) is 9.58. The van der Waals surface area contributed by atoms with Crippen molar-refractivity contribution in [3.8, 4) is 0 Å². The van der Waals surface area contributed by atoms with Crippen LogP contribution in [0.4, 0.5) is 4.79 Å². The van der Waals surface area contributed by atoms with Gasteiger partial charge in [-0.05, 0) is 29.6 Å². The molecular weight excluding hydrogens is 350 g/mol. The van der Waals surface area contributed by atoms with E-state index >= 15 is 0 Å². The summed E-state index contributed by atoms with van der Waals surface area (Å²) in [6.07, 6.45) is 1.55.